The molecule has 1 rings (SSSR count). The number of carbonyl (C=O) groups excluding carboxylic acids is 1. The first-order valence-electron chi connectivity index (χ1n) is 8.18. The lowest BCUT2D eigenvalue weighted by atomic mass is 9.85. The van der Waals surface area contributed by atoms with Crippen molar-refractivity contribution in [2.24, 2.45) is 0 Å². The van der Waals surface area contributed by atoms with Crippen LogP contribution in [0.1, 0.15) is 41.0 Å². The van der Waals surface area contributed by atoms with Crippen molar-refractivity contribution in [2.45, 2.75) is 64.9 Å². The first kappa shape index (κ1) is 19.2. The molecule has 0 bridgehead atoms. The number of methoxy groups -OCH3 is 1. The first-order valence-corrected chi connectivity index (χ1v) is 8.18. The predicted molar refractivity (Wildman–Crippen MR) is 86.1 cm³/mol. The van der Waals surface area contributed by atoms with Crippen LogP contribution in [0.5, 0.6) is 0 Å². The zero-order valence-corrected chi connectivity index (χ0v) is 14.8. The Labute approximate surface area is 134 Å². The second kappa shape index (κ2) is 8.70. The summed E-state index contributed by atoms with van der Waals surface area (Å²) in [6.07, 6.45) is 0.961. The number of hydrogen-bond acceptors (Lipinski definition) is 5. The van der Waals surface area contributed by atoms with Gasteiger partial charge in [-0.2, -0.15) is 0 Å². The summed E-state index contributed by atoms with van der Waals surface area (Å²) in [6.45, 7) is 12.3. The second-order valence-corrected chi connectivity index (χ2v) is 6.55. The molecule has 0 aromatic heterocycles. The number of ether oxygens (including phenoxy) is 3. The lowest BCUT2D eigenvalue weighted by molar-refractivity contribution is -0.131. The first-order chi connectivity index (χ1) is 10.3. The van der Waals surface area contributed by atoms with Crippen LogP contribution in [0.4, 0.5) is 4.79 Å². The topological polar surface area (TPSA) is 60.0 Å². The third kappa shape index (κ3) is 5.74. The van der Waals surface area contributed by atoms with Gasteiger partial charge in [0.15, 0.2) is 0 Å². The van der Waals surface area contributed by atoms with Gasteiger partial charge < -0.3 is 24.4 Å². The highest BCUT2D eigenvalue weighted by Crippen LogP contribution is 2.26. The molecular weight excluding hydrogens is 284 g/mol. The van der Waals surface area contributed by atoms with Crippen LogP contribution >= 0.6 is 0 Å². The normalized spacial score (nSPS) is 24.7. The number of likely N-dealkylation sites (N-methyl/N-ethyl adjacent to an activating group) is 1. The Bertz CT molecular complexity index is 344. The molecule has 1 saturated carbocycles. The minimum Gasteiger partial charge on any atom is -0.444 e. The average Bonchev–Trinajstić information content (AvgIpc) is 2.39. The molecule has 1 N–H and O–H groups in total. The predicted octanol–water partition coefficient (Wildman–Crippen LogP) is 2.03. The van der Waals surface area contributed by atoms with Gasteiger partial charge in [0.2, 0.25) is 0 Å². The minimum absolute atomic E-state index is 0.0940. The van der Waals surface area contributed by atoms with Gasteiger partial charge >= 0.3 is 6.09 Å². The zero-order valence-electron chi connectivity index (χ0n) is 14.8. The molecule has 0 saturated heterocycles. The zero-order chi connectivity index (χ0) is 16.8. The van der Waals surface area contributed by atoms with E-state index in [0.29, 0.717) is 25.7 Å². The van der Waals surface area contributed by atoms with Gasteiger partial charge in [0.25, 0.3) is 0 Å². The van der Waals surface area contributed by atoms with Gasteiger partial charge in [0.05, 0.1) is 12.2 Å². The Morgan fingerprint density at radius 3 is 2.50 bits per heavy atom. The molecule has 0 spiro atoms. The SMILES string of the molecule is CCOC1CC(NCCN(CC)C(=O)OC(C)(C)C)C1OC. The molecule has 0 aliphatic heterocycles. The quantitative estimate of drug-likeness (QED) is 0.742. The number of rotatable bonds is 8. The molecule has 1 fully saturated rings. The largest absolute Gasteiger partial charge is 0.444 e. The summed E-state index contributed by atoms with van der Waals surface area (Å²) in [4.78, 5) is 13.7. The molecule has 0 heterocycles. The number of nitrogens with zero attached hydrogens (tertiary/aromatic N) is 1. The van der Waals surface area contributed by atoms with Crippen LogP contribution in [0.15, 0.2) is 0 Å². The van der Waals surface area contributed by atoms with Gasteiger partial charge in [-0.25, -0.2) is 4.79 Å². The second-order valence-electron chi connectivity index (χ2n) is 6.55. The van der Waals surface area contributed by atoms with Crippen LogP contribution in [0, 0.1) is 0 Å². The summed E-state index contributed by atoms with van der Waals surface area (Å²) in [5, 5.41) is 3.44. The van der Waals surface area contributed by atoms with Gasteiger partial charge in [-0.3, -0.25) is 0 Å². The third-order valence-corrected chi connectivity index (χ3v) is 3.72. The maximum absolute atomic E-state index is 12.0. The van der Waals surface area contributed by atoms with Crippen LogP contribution in [0.2, 0.25) is 0 Å². The lowest BCUT2D eigenvalue weighted by Gasteiger charge is -2.43. The Morgan fingerprint density at radius 1 is 1.32 bits per heavy atom. The Hall–Kier alpha value is -0.850. The molecule has 6 heteroatoms. The van der Waals surface area contributed by atoms with Crippen LogP contribution in [-0.4, -0.2) is 68.2 Å². The summed E-state index contributed by atoms with van der Waals surface area (Å²) in [5.41, 5.74) is -0.461. The summed E-state index contributed by atoms with van der Waals surface area (Å²) in [6, 6.07) is 0.291. The highest BCUT2D eigenvalue weighted by molar-refractivity contribution is 5.68. The summed E-state index contributed by atoms with van der Waals surface area (Å²) >= 11 is 0. The molecule has 22 heavy (non-hydrogen) atoms. The molecule has 0 aromatic rings. The van der Waals surface area contributed by atoms with E-state index in [0.717, 1.165) is 13.0 Å². The smallest absolute Gasteiger partial charge is 0.410 e. The minimum atomic E-state index is -0.461. The standard InChI is InChI=1S/C16H32N2O4/c1-7-18(15(19)22-16(3,4)5)10-9-17-12-11-13(21-8-2)14(12)20-6/h12-14,17H,7-11H2,1-6H3. The van der Waals surface area contributed by atoms with Crippen LogP contribution < -0.4 is 5.32 Å². The molecule has 1 amide bonds. The Balaban J connectivity index is 2.31. The Morgan fingerprint density at radius 2 is 2.00 bits per heavy atom. The van der Waals surface area contributed by atoms with Crippen LogP contribution in [0.3, 0.4) is 0 Å². The van der Waals surface area contributed by atoms with Crippen molar-refractivity contribution in [3.63, 3.8) is 0 Å². The van der Waals surface area contributed by atoms with E-state index < -0.39 is 5.60 Å². The summed E-state index contributed by atoms with van der Waals surface area (Å²) < 4.78 is 16.5. The summed E-state index contributed by atoms with van der Waals surface area (Å²) in [5.74, 6) is 0. The van der Waals surface area contributed by atoms with E-state index in [-0.39, 0.29) is 18.3 Å². The highest BCUT2D eigenvalue weighted by Gasteiger charge is 2.41. The molecule has 1 aliphatic rings. The molecule has 0 aromatic carbocycles. The van der Waals surface area contributed by atoms with Crippen LogP contribution in [-0.2, 0) is 14.2 Å². The lowest BCUT2D eigenvalue weighted by Crippen LogP contribution is -2.60. The highest BCUT2D eigenvalue weighted by atomic mass is 16.6. The van der Waals surface area contributed by atoms with Crippen molar-refractivity contribution >= 4 is 6.09 Å². The molecule has 6 nitrogen and oxygen atoms in total. The van der Waals surface area contributed by atoms with Gasteiger partial charge in [-0.15, -0.1) is 0 Å². The average molecular weight is 316 g/mol. The van der Waals surface area contributed by atoms with Gasteiger partial charge in [0.1, 0.15) is 5.60 Å². The maximum Gasteiger partial charge on any atom is 0.410 e. The van der Waals surface area contributed by atoms with Crippen molar-refractivity contribution in [3.05, 3.63) is 0 Å². The van der Waals surface area contributed by atoms with Crippen LogP contribution in [0.25, 0.3) is 0 Å². The fourth-order valence-corrected chi connectivity index (χ4v) is 2.56. The van der Waals surface area contributed by atoms with E-state index in [1.165, 1.54) is 0 Å². The number of nitrogens with one attached hydrogen (secondary N) is 1. The fourth-order valence-electron chi connectivity index (χ4n) is 2.56. The fraction of sp³-hybridized carbons (Fsp3) is 0.938. The van der Waals surface area contributed by atoms with E-state index in [2.05, 4.69) is 5.32 Å². The van der Waals surface area contributed by atoms with E-state index >= 15 is 0 Å². The molecule has 0 radical (unpaired) electrons. The maximum atomic E-state index is 12.0. The van der Waals surface area contributed by atoms with Gasteiger partial charge in [0, 0.05) is 39.4 Å². The molecule has 3 atom stereocenters. The Kier molecular flexibility index (Phi) is 7.59. The van der Waals surface area contributed by atoms with Crippen molar-refractivity contribution in [1.82, 2.24) is 10.2 Å². The molecule has 3 unspecified atom stereocenters. The molecular formula is C16H32N2O4. The van der Waals surface area contributed by atoms with Crippen molar-refractivity contribution in [2.75, 3.05) is 33.4 Å². The van der Waals surface area contributed by atoms with E-state index in [9.17, 15) is 4.79 Å². The van der Waals surface area contributed by atoms with Gasteiger partial charge in [-0.05, 0) is 41.0 Å². The van der Waals surface area contributed by atoms with Crippen molar-refractivity contribution < 1.29 is 19.0 Å². The molecule has 1 aliphatic carbocycles. The van der Waals surface area contributed by atoms with Crippen molar-refractivity contribution in [3.8, 4) is 0 Å². The van der Waals surface area contributed by atoms with E-state index in [1.807, 2.05) is 34.6 Å². The van der Waals surface area contributed by atoms with E-state index in [1.54, 1.807) is 12.0 Å². The third-order valence-electron chi connectivity index (χ3n) is 3.72. The van der Waals surface area contributed by atoms with Gasteiger partial charge in [-0.1, -0.05) is 0 Å². The number of hydrogen-bond donors (Lipinski definition) is 1. The molecule has 130 valence electrons. The monoisotopic (exact) mass is 316 g/mol. The van der Waals surface area contributed by atoms with E-state index in [4.69, 9.17) is 14.2 Å². The summed E-state index contributed by atoms with van der Waals surface area (Å²) in [7, 11) is 1.71. The number of carbonyl (C=O) groups is 1. The number of amides is 1. The van der Waals surface area contributed by atoms with Crippen molar-refractivity contribution in [1.29, 1.82) is 0 Å².